The summed E-state index contributed by atoms with van der Waals surface area (Å²) >= 11 is 0. The van der Waals surface area contributed by atoms with E-state index >= 15 is 0 Å². The minimum Gasteiger partial charge on any atom is -0.381 e. The summed E-state index contributed by atoms with van der Waals surface area (Å²) in [6.07, 6.45) is 2.07. The van der Waals surface area contributed by atoms with Crippen LogP contribution in [0.15, 0.2) is 22.4 Å². The van der Waals surface area contributed by atoms with Gasteiger partial charge in [0.15, 0.2) is 0 Å². The molecule has 84 valence electrons. The maximum absolute atomic E-state index is 5.31. The molecule has 1 heterocycles. The number of ether oxygens (including phenoxy) is 1. The molecule has 4 heteroatoms. The van der Waals surface area contributed by atoms with Crippen molar-refractivity contribution in [3.8, 4) is 0 Å². The minimum absolute atomic E-state index is 0.479. The Labute approximate surface area is 91.4 Å². The molecule has 0 radical (unpaired) electrons. The lowest BCUT2D eigenvalue weighted by atomic mass is 10.1. The van der Waals surface area contributed by atoms with E-state index in [9.17, 15) is 0 Å². The van der Waals surface area contributed by atoms with Crippen molar-refractivity contribution in [3.63, 3.8) is 0 Å². The molecule has 0 atom stereocenters. The zero-order chi connectivity index (χ0) is 11.3. The molecule has 1 saturated heterocycles. The van der Waals surface area contributed by atoms with Crippen LogP contribution < -0.4 is 0 Å². The van der Waals surface area contributed by atoms with E-state index in [1.165, 1.54) is 0 Å². The Balaban J connectivity index is 2.54. The fraction of sp³-hybridized carbons (Fsp3) is 0.636. The van der Waals surface area contributed by atoms with Crippen molar-refractivity contribution < 1.29 is 4.74 Å². The van der Waals surface area contributed by atoms with Crippen molar-refractivity contribution >= 4 is 12.6 Å². The normalized spacial score (nSPS) is 18.7. The smallest absolute Gasteiger partial charge is 0.126 e. The van der Waals surface area contributed by atoms with Gasteiger partial charge in [-0.25, -0.2) is 9.98 Å². The van der Waals surface area contributed by atoms with E-state index in [0.717, 1.165) is 31.9 Å². The largest absolute Gasteiger partial charge is 0.381 e. The predicted molar refractivity (Wildman–Crippen MR) is 63.4 cm³/mol. The van der Waals surface area contributed by atoms with Crippen molar-refractivity contribution in [2.45, 2.75) is 25.8 Å². The second kappa shape index (κ2) is 5.66. The maximum Gasteiger partial charge on any atom is 0.126 e. The molecule has 1 fully saturated rings. The number of aliphatic imine (C=N–C) groups is 2. The third kappa shape index (κ3) is 3.47. The highest BCUT2D eigenvalue weighted by atomic mass is 16.5. The molecule has 0 aliphatic carbocycles. The Kier molecular flexibility index (Phi) is 4.49. The number of hydrogen-bond donors (Lipinski definition) is 0. The van der Waals surface area contributed by atoms with Gasteiger partial charge in [0.2, 0.25) is 0 Å². The van der Waals surface area contributed by atoms with E-state index in [-0.39, 0.29) is 0 Å². The minimum atomic E-state index is 0.479. The van der Waals surface area contributed by atoms with E-state index in [1.54, 1.807) is 0 Å². The van der Waals surface area contributed by atoms with Gasteiger partial charge >= 0.3 is 0 Å². The van der Waals surface area contributed by atoms with E-state index in [1.807, 2.05) is 14.0 Å². The quantitative estimate of drug-likeness (QED) is 0.524. The summed E-state index contributed by atoms with van der Waals surface area (Å²) in [5.74, 6) is 1.39. The van der Waals surface area contributed by atoms with Crippen LogP contribution in [-0.4, -0.2) is 43.8 Å². The van der Waals surface area contributed by atoms with Gasteiger partial charge in [-0.2, -0.15) is 0 Å². The van der Waals surface area contributed by atoms with Gasteiger partial charge in [0.1, 0.15) is 11.7 Å². The van der Waals surface area contributed by atoms with Gasteiger partial charge in [0.25, 0.3) is 0 Å². The van der Waals surface area contributed by atoms with Crippen LogP contribution in [0.5, 0.6) is 0 Å². The van der Waals surface area contributed by atoms with Gasteiger partial charge in [-0.05, 0) is 26.5 Å². The van der Waals surface area contributed by atoms with Gasteiger partial charge in [-0.1, -0.05) is 6.58 Å². The Morgan fingerprint density at radius 3 is 2.53 bits per heavy atom. The molecule has 0 unspecified atom stereocenters. The fourth-order valence-corrected chi connectivity index (χ4v) is 1.58. The molecule has 0 aromatic carbocycles. The number of nitrogens with zero attached hydrogens (tertiary/aromatic N) is 3. The number of rotatable bonds is 3. The summed E-state index contributed by atoms with van der Waals surface area (Å²) < 4.78 is 5.31. The van der Waals surface area contributed by atoms with Crippen molar-refractivity contribution in [1.82, 2.24) is 4.90 Å². The van der Waals surface area contributed by atoms with Crippen LogP contribution in [0.25, 0.3) is 0 Å². The van der Waals surface area contributed by atoms with Crippen LogP contribution in [0, 0.1) is 0 Å². The van der Waals surface area contributed by atoms with Gasteiger partial charge in [-0.15, -0.1) is 0 Å². The Morgan fingerprint density at radius 1 is 1.40 bits per heavy atom. The van der Waals surface area contributed by atoms with Crippen LogP contribution in [0.2, 0.25) is 0 Å². The summed E-state index contributed by atoms with van der Waals surface area (Å²) in [6, 6.07) is 0.479. The molecule has 0 N–H and O–H groups in total. The fourth-order valence-electron chi connectivity index (χ4n) is 1.58. The van der Waals surface area contributed by atoms with Crippen LogP contribution in [0.1, 0.15) is 19.8 Å². The summed E-state index contributed by atoms with van der Waals surface area (Å²) in [5, 5.41) is 0. The lowest BCUT2D eigenvalue weighted by molar-refractivity contribution is 0.0525. The first-order chi connectivity index (χ1) is 7.15. The first kappa shape index (κ1) is 11.9. The highest BCUT2D eigenvalue weighted by molar-refractivity contribution is 5.84. The lowest BCUT2D eigenvalue weighted by Gasteiger charge is -2.32. The molecule has 1 aliphatic heterocycles. The third-order valence-corrected chi connectivity index (χ3v) is 2.67. The average Bonchev–Trinajstić information content (AvgIpc) is 2.29. The molecule has 0 amide bonds. The van der Waals surface area contributed by atoms with Crippen molar-refractivity contribution in [1.29, 1.82) is 0 Å². The Hall–Kier alpha value is -1.16. The van der Waals surface area contributed by atoms with Crippen LogP contribution in [-0.2, 0) is 4.74 Å². The average molecular weight is 209 g/mol. The Bertz CT molecular complexity index is 267. The van der Waals surface area contributed by atoms with Gasteiger partial charge < -0.3 is 9.64 Å². The van der Waals surface area contributed by atoms with E-state index < -0.39 is 0 Å². The van der Waals surface area contributed by atoms with Crippen LogP contribution in [0.3, 0.4) is 0 Å². The molecular formula is C11H19N3O. The molecule has 0 bridgehead atoms. The number of hydrogen-bond acceptors (Lipinski definition) is 3. The maximum atomic E-state index is 5.31. The molecule has 0 aromatic heterocycles. The third-order valence-electron chi connectivity index (χ3n) is 2.67. The van der Waals surface area contributed by atoms with E-state index in [0.29, 0.717) is 11.9 Å². The standard InChI is InChI=1S/C11H19N3O/c1-9(12-3)13-10(2)14(4)11-5-7-15-8-6-11/h11H,2-3,5-8H2,1,4H3/b13-9-. The zero-order valence-corrected chi connectivity index (χ0v) is 9.57. The first-order valence-electron chi connectivity index (χ1n) is 5.16. The molecule has 15 heavy (non-hydrogen) atoms. The summed E-state index contributed by atoms with van der Waals surface area (Å²) in [6.45, 7) is 10.8. The topological polar surface area (TPSA) is 37.2 Å². The highest BCUT2D eigenvalue weighted by Crippen LogP contribution is 2.16. The predicted octanol–water partition coefficient (Wildman–Crippen LogP) is 1.69. The van der Waals surface area contributed by atoms with E-state index in [4.69, 9.17) is 4.74 Å². The Morgan fingerprint density at radius 2 is 2.00 bits per heavy atom. The van der Waals surface area contributed by atoms with Crippen LogP contribution in [0.4, 0.5) is 0 Å². The van der Waals surface area contributed by atoms with Gasteiger partial charge in [0, 0.05) is 26.3 Å². The van der Waals surface area contributed by atoms with Crippen LogP contribution >= 0.6 is 0 Å². The molecule has 1 aliphatic rings. The molecule has 0 saturated carbocycles. The molecule has 0 spiro atoms. The van der Waals surface area contributed by atoms with Gasteiger partial charge in [0.05, 0.1) is 0 Å². The van der Waals surface area contributed by atoms with Crippen molar-refractivity contribution in [2.75, 3.05) is 20.3 Å². The monoisotopic (exact) mass is 209 g/mol. The van der Waals surface area contributed by atoms with Crippen molar-refractivity contribution in [2.24, 2.45) is 9.98 Å². The molecule has 0 aromatic rings. The van der Waals surface area contributed by atoms with Crippen molar-refractivity contribution in [3.05, 3.63) is 12.4 Å². The highest BCUT2D eigenvalue weighted by Gasteiger charge is 2.19. The van der Waals surface area contributed by atoms with Gasteiger partial charge in [-0.3, -0.25) is 0 Å². The second-order valence-corrected chi connectivity index (χ2v) is 3.69. The SMILES string of the molecule is C=N/C(C)=N\C(=C)N(C)C1CCOCC1. The molecule has 4 nitrogen and oxygen atoms in total. The summed E-state index contributed by atoms with van der Waals surface area (Å²) in [5.41, 5.74) is 0. The van der Waals surface area contributed by atoms with E-state index in [2.05, 4.69) is 28.2 Å². The summed E-state index contributed by atoms with van der Waals surface area (Å²) in [7, 11) is 2.01. The molecule has 1 rings (SSSR count). The number of amidine groups is 1. The zero-order valence-electron chi connectivity index (χ0n) is 9.57. The molecular weight excluding hydrogens is 190 g/mol. The summed E-state index contributed by atoms with van der Waals surface area (Å²) in [4.78, 5) is 10.1. The second-order valence-electron chi connectivity index (χ2n) is 3.69. The first-order valence-corrected chi connectivity index (χ1v) is 5.16. The lowest BCUT2D eigenvalue weighted by Crippen LogP contribution is -2.35.